The molecule has 7 heteroatoms. The minimum absolute atomic E-state index is 0.0310. The molecule has 1 aliphatic carbocycles. The Kier molecular flexibility index (Phi) is 4.16. The molecule has 0 bridgehead atoms. The maximum Gasteiger partial charge on any atom is 0.225 e. The molecule has 1 aromatic carbocycles. The van der Waals surface area contributed by atoms with Crippen molar-refractivity contribution in [3.05, 3.63) is 35.4 Å². The van der Waals surface area contributed by atoms with Gasteiger partial charge in [0, 0.05) is 5.56 Å². The molecule has 1 atom stereocenters. The molecule has 1 saturated carbocycles. The Hall–Kier alpha value is -2.18. The number of amidine groups is 1. The minimum atomic E-state index is -1.03. The number of hydrogen-bond acceptors (Lipinski definition) is 3. The molecule has 1 fully saturated rings. The molecule has 0 aliphatic heterocycles. The standard InChI is InChI=1S/C13H15F2N3O2/c14-9-3-1-2-8(11(9)15)6-10(19)17-12(7-4-5-7)13(16)18-20/h1-3,7,12,20H,4-6H2,(H2,16,18)(H,17,19). The van der Waals surface area contributed by atoms with Gasteiger partial charge in [0.25, 0.3) is 0 Å². The first-order chi connectivity index (χ1) is 9.52. The predicted molar refractivity (Wildman–Crippen MR) is 68.1 cm³/mol. The van der Waals surface area contributed by atoms with Crippen LogP contribution in [0.4, 0.5) is 8.78 Å². The number of halogens is 2. The minimum Gasteiger partial charge on any atom is -0.409 e. The van der Waals surface area contributed by atoms with Crippen molar-refractivity contribution >= 4 is 11.7 Å². The maximum absolute atomic E-state index is 13.5. The van der Waals surface area contributed by atoms with E-state index in [9.17, 15) is 13.6 Å². The van der Waals surface area contributed by atoms with Gasteiger partial charge in [-0.25, -0.2) is 8.78 Å². The number of oxime groups is 1. The van der Waals surface area contributed by atoms with Crippen LogP contribution in [0.15, 0.2) is 23.4 Å². The van der Waals surface area contributed by atoms with Crippen LogP contribution in [0.1, 0.15) is 18.4 Å². The second kappa shape index (κ2) is 5.85. The molecule has 0 spiro atoms. The lowest BCUT2D eigenvalue weighted by molar-refractivity contribution is -0.120. The van der Waals surface area contributed by atoms with E-state index in [1.54, 1.807) is 0 Å². The van der Waals surface area contributed by atoms with E-state index >= 15 is 0 Å². The smallest absolute Gasteiger partial charge is 0.225 e. The van der Waals surface area contributed by atoms with Crippen molar-refractivity contribution in [1.29, 1.82) is 0 Å². The molecule has 108 valence electrons. The Morgan fingerprint density at radius 3 is 2.80 bits per heavy atom. The van der Waals surface area contributed by atoms with E-state index in [4.69, 9.17) is 10.9 Å². The van der Waals surface area contributed by atoms with Crippen LogP contribution in [-0.2, 0) is 11.2 Å². The van der Waals surface area contributed by atoms with Gasteiger partial charge in [-0.2, -0.15) is 0 Å². The van der Waals surface area contributed by atoms with Crippen LogP contribution >= 0.6 is 0 Å². The molecule has 0 aromatic heterocycles. The highest BCUT2D eigenvalue weighted by atomic mass is 19.2. The third-order valence-corrected chi connectivity index (χ3v) is 3.23. The van der Waals surface area contributed by atoms with Crippen LogP contribution < -0.4 is 11.1 Å². The maximum atomic E-state index is 13.5. The van der Waals surface area contributed by atoms with Crippen molar-refractivity contribution in [2.75, 3.05) is 0 Å². The Bertz CT molecular complexity index is 544. The summed E-state index contributed by atoms with van der Waals surface area (Å²) in [7, 11) is 0. The monoisotopic (exact) mass is 283 g/mol. The van der Waals surface area contributed by atoms with Crippen molar-refractivity contribution in [1.82, 2.24) is 5.32 Å². The summed E-state index contributed by atoms with van der Waals surface area (Å²) in [5.74, 6) is -2.48. The van der Waals surface area contributed by atoms with Crippen molar-refractivity contribution in [3.63, 3.8) is 0 Å². The molecule has 20 heavy (non-hydrogen) atoms. The summed E-state index contributed by atoms with van der Waals surface area (Å²) in [6, 6.07) is 3.10. The molecular formula is C13H15F2N3O2. The molecule has 5 nitrogen and oxygen atoms in total. The van der Waals surface area contributed by atoms with Crippen molar-refractivity contribution < 1.29 is 18.8 Å². The highest BCUT2D eigenvalue weighted by molar-refractivity contribution is 5.91. The zero-order chi connectivity index (χ0) is 14.7. The Balaban J connectivity index is 2.03. The van der Waals surface area contributed by atoms with Crippen molar-refractivity contribution in [2.24, 2.45) is 16.8 Å². The fourth-order valence-electron chi connectivity index (χ4n) is 2.01. The lowest BCUT2D eigenvalue weighted by Gasteiger charge is -2.16. The summed E-state index contributed by atoms with van der Waals surface area (Å²) >= 11 is 0. The molecular weight excluding hydrogens is 268 g/mol. The molecule has 1 aliphatic rings. The summed E-state index contributed by atoms with van der Waals surface area (Å²) in [4.78, 5) is 11.8. The number of amides is 1. The zero-order valence-electron chi connectivity index (χ0n) is 10.6. The first-order valence-electron chi connectivity index (χ1n) is 6.22. The van der Waals surface area contributed by atoms with Crippen molar-refractivity contribution in [3.8, 4) is 0 Å². The van der Waals surface area contributed by atoms with Gasteiger partial charge in [0.15, 0.2) is 17.5 Å². The lowest BCUT2D eigenvalue weighted by Crippen LogP contribution is -2.46. The molecule has 1 amide bonds. The second-order valence-corrected chi connectivity index (χ2v) is 4.80. The Morgan fingerprint density at radius 1 is 1.50 bits per heavy atom. The fraction of sp³-hybridized carbons (Fsp3) is 0.385. The average Bonchev–Trinajstić information content (AvgIpc) is 3.25. The van der Waals surface area contributed by atoms with Crippen LogP contribution in [0.2, 0.25) is 0 Å². The highest BCUT2D eigenvalue weighted by Gasteiger charge is 2.35. The van der Waals surface area contributed by atoms with Crippen LogP contribution in [0.5, 0.6) is 0 Å². The number of benzene rings is 1. The second-order valence-electron chi connectivity index (χ2n) is 4.80. The van der Waals surface area contributed by atoms with Gasteiger partial charge in [0.2, 0.25) is 5.91 Å². The topological polar surface area (TPSA) is 87.7 Å². The number of nitrogens with two attached hydrogens (primary N) is 1. The van der Waals surface area contributed by atoms with Gasteiger partial charge < -0.3 is 16.3 Å². The number of rotatable bonds is 5. The Labute approximate surface area is 114 Å². The highest BCUT2D eigenvalue weighted by Crippen LogP contribution is 2.32. The number of carbonyl (C=O) groups is 1. The summed E-state index contributed by atoms with van der Waals surface area (Å²) in [5.41, 5.74) is 5.47. The largest absolute Gasteiger partial charge is 0.409 e. The normalized spacial score (nSPS) is 16.8. The van der Waals surface area contributed by atoms with Gasteiger partial charge in [-0.1, -0.05) is 17.3 Å². The number of carbonyl (C=O) groups excluding carboxylic acids is 1. The van der Waals surface area contributed by atoms with Crippen LogP contribution in [0, 0.1) is 17.6 Å². The van der Waals surface area contributed by atoms with Crippen molar-refractivity contribution in [2.45, 2.75) is 25.3 Å². The van der Waals surface area contributed by atoms with E-state index in [2.05, 4.69) is 10.5 Å². The van der Waals surface area contributed by atoms with Gasteiger partial charge in [0.05, 0.1) is 12.5 Å². The molecule has 0 radical (unpaired) electrons. The molecule has 4 N–H and O–H groups in total. The summed E-state index contributed by atoms with van der Waals surface area (Å²) < 4.78 is 26.5. The fourth-order valence-corrected chi connectivity index (χ4v) is 2.01. The summed E-state index contributed by atoms with van der Waals surface area (Å²) in [6.07, 6.45) is 1.44. The van der Waals surface area contributed by atoms with E-state index in [1.165, 1.54) is 12.1 Å². The molecule has 2 rings (SSSR count). The van der Waals surface area contributed by atoms with E-state index in [1.807, 2.05) is 0 Å². The van der Waals surface area contributed by atoms with Crippen LogP contribution in [-0.4, -0.2) is 23.0 Å². The first-order valence-corrected chi connectivity index (χ1v) is 6.22. The zero-order valence-corrected chi connectivity index (χ0v) is 10.6. The quantitative estimate of drug-likeness (QED) is 0.328. The van der Waals surface area contributed by atoms with Gasteiger partial charge in [-0.3, -0.25) is 4.79 Å². The van der Waals surface area contributed by atoms with E-state index in [-0.39, 0.29) is 23.7 Å². The molecule has 1 unspecified atom stereocenters. The number of nitrogens with zero attached hydrogens (tertiary/aromatic N) is 1. The van der Waals surface area contributed by atoms with Crippen LogP contribution in [0.25, 0.3) is 0 Å². The van der Waals surface area contributed by atoms with Gasteiger partial charge in [-0.15, -0.1) is 0 Å². The van der Waals surface area contributed by atoms with Gasteiger partial charge in [-0.05, 0) is 24.8 Å². The third kappa shape index (κ3) is 3.23. The average molecular weight is 283 g/mol. The van der Waals surface area contributed by atoms with E-state index in [0.717, 1.165) is 18.9 Å². The molecule has 1 aromatic rings. The van der Waals surface area contributed by atoms with Crippen LogP contribution in [0.3, 0.4) is 0 Å². The van der Waals surface area contributed by atoms with E-state index in [0.29, 0.717) is 0 Å². The number of hydrogen-bond donors (Lipinski definition) is 3. The van der Waals surface area contributed by atoms with Gasteiger partial charge >= 0.3 is 0 Å². The number of nitrogens with one attached hydrogen (secondary N) is 1. The van der Waals surface area contributed by atoms with E-state index < -0.39 is 23.6 Å². The lowest BCUT2D eigenvalue weighted by atomic mass is 10.1. The molecule has 0 saturated heterocycles. The molecule has 0 heterocycles. The Morgan fingerprint density at radius 2 is 2.20 bits per heavy atom. The first kappa shape index (κ1) is 14.2. The third-order valence-electron chi connectivity index (χ3n) is 3.23. The predicted octanol–water partition coefficient (Wildman–Crippen LogP) is 1.15. The SMILES string of the molecule is N/C(=N/O)C(NC(=O)Cc1cccc(F)c1F)C1CC1. The summed E-state index contributed by atoms with van der Waals surface area (Å²) in [6.45, 7) is 0. The summed E-state index contributed by atoms with van der Waals surface area (Å²) in [5, 5.41) is 14.1. The van der Waals surface area contributed by atoms with Gasteiger partial charge in [0.1, 0.15) is 0 Å².